The third-order valence-electron chi connectivity index (χ3n) is 6.49. The monoisotopic (exact) mass is 646 g/mol. The molecular formula is C23H23F4IN8O2. The molecule has 2 aliphatic rings. The van der Waals surface area contributed by atoms with Gasteiger partial charge in [-0.15, -0.1) is 0 Å². The normalized spacial score (nSPS) is 17.6. The highest BCUT2D eigenvalue weighted by Crippen LogP contribution is 2.40. The Kier molecular flexibility index (Phi) is 7.81. The van der Waals surface area contributed by atoms with Crippen LogP contribution in [0.25, 0.3) is 0 Å². The van der Waals surface area contributed by atoms with Gasteiger partial charge in [-0.05, 0) is 25.0 Å². The second kappa shape index (κ2) is 10.8. The van der Waals surface area contributed by atoms with Gasteiger partial charge >= 0.3 is 12.2 Å². The summed E-state index contributed by atoms with van der Waals surface area (Å²) in [4.78, 5) is 29.7. The number of anilines is 3. The van der Waals surface area contributed by atoms with E-state index in [2.05, 4.69) is 21.5 Å². The summed E-state index contributed by atoms with van der Waals surface area (Å²) < 4.78 is 60.5. The third kappa shape index (κ3) is 5.40. The van der Waals surface area contributed by atoms with Gasteiger partial charge in [-0.3, -0.25) is 4.79 Å². The summed E-state index contributed by atoms with van der Waals surface area (Å²) in [5, 5.41) is 9.27. The first kappa shape index (κ1) is 27.6. The molecule has 0 unspecified atom stereocenters. The van der Waals surface area contributed by atoms with Crippen molar-refractivity contribution in [1.82, 2.24) is 19.9 Å². The van der Waals surface area contributed by atoms with Gasteiger partial charge in [-0.2, -0.15) is 28.4 Å². The number of pyridine rings is 1. The number of alkyl halides is 3. The summed E-state index contributed by atoms with van der Waals surface area (Å²) in [5.74, 6) is -1.78. The maximum Gasteiger partial charge on any atom is 0.420 e. The molecule has 0 aromatic carbocycles. The molecule has 0 bridgehead atoms. The fourth-order valence-electron chi connectivity index (χ4n) is 4.88. The number of nitrogens with two attached hydrogens (primary N) is 1. The molecule has 10 nitrogen and oxygen atoms in total. The minimum absolute atomic E-state index is 0.00133. The number of piperazine rings is 1. The standard InChI is InChI=1S/C23H23F4IN8O2/c1-12-9-17(30)32-20(18(12)23(25,26)27)34-6-4-15-16(11-34)31-22(38-28)33-19(15)35-7-8-36(21(37)13(2)24)14(10-35)3-5-29/h9,14H,2-4,6-8,10-11H2,1H3,(H2,30,32)/t14-/m0/s1. The third-order valence-corrected chi connectivity index (χ3v) is 6.89. The number of fused-ring (bicyclic) bond motifs is 1. The topological polar surface area (TPSA) is 124 Å². The Morgan fingerprint density at radius 1 is 1.26 bits per heavy atom. The Bertz CT molecular complexity index is 1320. The van der Waals surface area contributed by atoms with Crippen molar-refractivity contribution in [3.05, 3.63) is 40.9 Å². The van der Waals surface area contributed by atoms with Crippen molar-refractivity contribution in [2.75, 3.05) is 41.7 Å². The fourth-order valence-corrected chi connectivity index (χ4v) is 5.07. The largest absolute Gasteiger partial charge is 0.420 e. The molecule has 15 heteroatoms. The molecule has 4 heterocycles. The Morgan fingerprint density at radius 2 is 2.00 bits per heavy atom. The van der Waals surface area contributed by atoms with Crippen LogP contribution in [0.15, 0.2) is 18.5 Å². The summed E-state index contributed by atoms with van der Waals surface area (Å²) in [7, 11) is 0. The number of carbonyl (C=O) groups is 1. The van der Waals surface area contributed by atoms with Crippen LogP contribution in [-0.2, 0) is 23.9 Å². The molecule has 202 valence electrons. The summed E-state index contributed by atoms with van der Waals surface area (Å²) in [6.45, 7) is 5.19. The van der Waals surface area contributed by atoms with E-state index in [1.807, 2.05) is 11.0 Å². The van der Waals surface area contributed by atoms with E-state index in [0.717, 1.165) is 0 Å². The fraction of sp³-hybridized carbons (Fsp3) is 0.435. The van der Waals surface area contributed by atoms with Crippen LogP contribution in [0.4, 0.5) is 35.0 Å². The van der Waals surface area contributed by atoms with Crippen LogP contribution in [0, 0.1) is 18.3 Å². The molecule has 0 saturated carbocycles. The number of halogens is 5. The number of nitrogens with zero attached hydrogens (tertiary/aromatic N) is 7. The van der Waals surface area contributed by atoms with Crippen LogP contribution in [-0.4, -0.2) is 58.0 Å². The lowest BCUT2D eigenvalue weighted by atomic mass is 10.0. The zero-order chi connectivity index (χ0) is 27.8. The molecular weight excluding hydrogens is 623 g/mol. The van der Waals surface area contributed by atoms with E-state index in [0.29, 0.717) is 23.5 Å². The van der Waals surface area contributed by atoms with Crippen LogP contribution in [0.5, 0.6) is 6.01 Å². The van der Waals surface area contributed by atoms with Gasteiger partial charge in [0.1, 0.15) is 23.0 Å². The van der Waals surface area contributed by atoms with Crippen molar-refractivity contribution in [2.45, 2.75) is 38.5 Å². The minimum Gasteiger partial charge on any atom is -0.392 e. The highest BCUT2D eigenvalue weighted by molar-refractivity contribution is 14.1. The minimum atomic E-state index is -4.63. The summed E-state index contributed by atoms with van der Waals surface area (Å²) >= 11 is 1.61. The molecule has 2 N–H and O–H groups in total. The van der Waals surface area contributed by atoms with Gasteiger partial charge in [0.15, 0.2) is 28.8 Å². The van der Waals surface area contributed by atoms with Gasteiger partial charge in [0.2, 0.25) is 0 Å². The van der Waals surface area contributed by atoms with Crippen LogP contribution in [0.2, 0.25) is 0 Å². The van der Waals surface area contributed by atoms with E-state index in [-0.39, 0.29) is 62.4 Å². The summed E-state index contributed by atoms with van der Waals surface area (Å²) in [6, 6.07) is 2.60. The molecule has 38 heavy (non-hydrogen) atoms. The van der Waals surface area contributed by atoms with Gasteiger partial charge in [-0.25, -0.2) is 9.37 Å². The number of carbonyl (C=O) groups excluding carboxylic acids is 1. The molecule has 2 aromatic heterocycles. The van der Waals surface area contributed by atoms with Crippen molar-refractivity contribution in [3.8, 4) is 12.1 Å². The predicted molar refractivity (Wildman–Crippen MR) is 138 cm³/mol. The Balaban J connectivity index is 1.69. The van der Waals surface area contributed by atoms with Crippen molar-refractivity contribution in [2.24, 2.45) is 0 Å². The first-order valence-corrected chi connectivity index (χ1v) is 12.4. The van der Waals surface area contributed by atoms with Crippen molar-refractivity contribution >= 4 is 46.4 Å². The molecule has 2 aliphatic heterocycles. The average molecular weight is 646 g/mol. The zero-order valence-electron chi connectivity index (χ0n) is 20.2. The number of amides is 1. The lowest BCUT2D eigenvalue weighted by Crippen LogP contribution is -2.55. The number of nitriles is 1. The second-order valence-corrected chi connectivity index (χ2v) is 9.37. The van der Waals surface area contributed by atoms with Crippen LogP contribution in [0.1, 0.15) is 28.8 Å². The molecule has 0 spiro atoms. The maximum absolute atomic E-state index is 13.9. The van der Waals surface area contributed by atoms with E-state index >= 15 is 0 Å². The highest BCUT2D eigenvalue weighted by Gasteiger charge is 2.40. The molecule has 1 saturated heterocycles. The number of rotatable bonds is 5. The lowest BCUT2D eigenvalue weighted by Gasteiger charge is -2.42. The van der Waals surface area contributed by atoms with Crippen LogP contribution in [0.3, 0.4) is 0 Å². The Hall–Kier alpha value is -3.42. The summed E-state index contributed by atoms with van der Waals surface area (Å²) in [5.41, 5.74) is 6.06. The van der Waals surface area contributed by atoms with Crippen molar-refractivity contribution < 1.29 is 25.4 Å². The Labute approximate surface area is 229 Å². The quantitative estimate of drug-likeness (QED) is 0.296. The SMILES string of the molecule is C=C(F)C(=O)N1CCN(c2nc(OI)nc3c2CCN(c2nc(N)cc(C)c2C(F)(F)F)C3)C[C@@H]1CC#N. The van der Waals surface area contributed by atoms with E-state index < -0.39 is 29.5 Å². The smallest absolute Gasteiger partial charge is 0.392 e. The van der Waals surface area contributed by atoms with Crippen molar-refractivity contribution in [1.29, 1.82) is 5.26 Å². The van der Waals surface area contributed by atoms with Crippen LogP contribution < -0.4 is 18.6 Å². The Morgan fingerprint density at radius 3 is 2.63 bits per heavy atom. The number of nitrogen functional groups attached to an aromatic ring is 1. The molecule has 2 aromatic rings. The van der Waals surface area contributed by atoms with Crippen LogP contribution >= 0.6 is 23.0 Å². The molecule has 0 aliphatic carbocycles. The van der Waals surface area contributed by atoms with E-state index in [1.165, 1.54) is 22.8 Å². The van der Waals surface area contributed by atoms with Gasteiger partial charge < -0.3 is 23.5 Å². The predicted octanol–water partition coefficient (Wildman–Crippen LogP) is 3.49. The first-order chi connectivity index (χ1) is 17.9. The van der Waals surface area contributed by atoms with Gasteiger partial charge in [0.25, 0.3) is 5.91 Å². The second-order valence-electron chi connectivity index (χ2n) is 8.93. The van der Waals surface area contributed by atoms with Crippen molar-refractivity contribution in [3.63, 3.8) is 0 Å². The average Bonchev–Trinajstić information content (AvgIpc) is 2.86. The molecule has 1 atom stereocenters. The number of aryl methyl sites for hydroxylation is 1. The zero-order valence-corrected chi connectivity index (χ0v) is 22.4. The lowest BCUT2D eigenvalue weighted by molar-refractivity contribution is -0.137. The molecule has 4 rings (SSSR count). The van der Waals surface area contributed by atoms with Gasteiger partial charge in [0.05, 0.1) is 30.8 Å². The number of hydrogen-bond acceptors (Lipinski definition) is 9. The number of aromatic nitrogens is 3. The molecule has 1 amide bonds. The number of hydrogen-bond donors (Lipinski definition) is 1. The van der Waals surface area contributed by atoms with E-state index in [9.17, 15) is 27.6 Å². The van der Waals surface area contributed by atoms with E-state index in [1.54, 1.807) is 23.0 Å². The molecule has 0 radical (unpaired) electrons. The highest BCUT2D eigenvalue weighted by atomic mass is 127. The first-order valence-electron chi connectivity index (χ1n) is 11.5. The summed E-state index contributed by atoms with van der Waals surface area (Å²) in [6.07, 6.45) is -4.37. The molecule has 1 fully saturated rings. The van der Waals surface area contributed by atoms with Gasteiger partial charge in [-0.1, -0.05) is 6.58 Å². The maximum atomic E-state index is 13.9. The van der Waals surface area contributed by atoms with Gasteiger partial charge in [0, 0.05) is 31.7 Å². The van der Waals surface area contributed by atoms with E-state index in [4.69, 9.17) is 8.80 Å².